The molecule has 28 heavy (non-hydrogen) atoms. The fourth-order valence-electron chi connectivity index (χ4n) is 2.64. The maximum absolute atomic E-state index is 12.4. The standard InChI is InChI=1S/C24H25NO2S/c1-18-8-14-22(15-9-18)27-16-19(2)25-24(26)21-12-10-20(11-13-21)17-28-23-6-4-3-5-7-23/h3-15,19H,16-17H2,1-2H3,(H,25,26). The lowest BCUT2D eigenvalue weighted by Gasteiger charge is -2.15. The smallest absolute Gasteiger partial charge is 0.251 e. The maximum Gasteiger partial charge on any atom is 0.251 e. The van der Waals surface area contributed by atoms with Gasteiger partial charge in [0.05, 0.1) is 6.04 Å². The van der Waals surface area contributed by atoms with Crippen molar-refractivity contribution < 1.29 is 9.53 Å². The predicted molar refractivity (Wildman–Crippen MR) is 116 cm³/mol. The molecule has 0 aliphatic heterocycles. The van der Waals surface area contributed by atoms with Crippen molar-refractivity contribution in [2.75, 3.05) is 6.61 Å². The van der Waals surface area contributed by atoms with E-state index in [0.29, 0.717) is 12.2 Å². The molecule has 0 fully saturated rings. The Morgan fingerprint density at radius 2 is 1.64 bits per heavy atom. The lowest BCUT2D eigenvalue weighted by atomic mass is 10.1. The molecule has 144 valence electrons. The Balaban J connectivity index is 1.46. The Hall–Kier alpha value is -2.72. The van der Waals surface area contributed by atoms with E-state index in [-0.39, 0.29) is 11.9 Å². The van der Waals surface area contributed by atoms with E-state index >= 15 is 0 Å². The molecule has 0 saturated carbocycles. The van der Waals surface area contributed by atoms with Crippen LogP contribution in [0.15, 0.2) is 83.8 Å². The van der Waals surface area contributed by atoms with E-state index < -0.39 is 0 Å². The van der Waals surface area contributed by atoms with E-state index in [1.54, 1.807) is 11.8 Å². The van der Waals surface area contributed by atoms with E-state index in [4.69, 9.17) is 4.74 Å². The van der Waals surface area contributed by atoms with Gasteiger partial charge in [-0.25, -0.2) is 0 Å². The molecule has 1 amide bonds. The third kappa shape index (κ3) is 6.17. The second-order valence-corrected chi connectivity index (χ2v) is 7.85. The molecule has 0 bridgehead atoms. The minimum atomic E-state index is -0.0814. The summed E-state index contributed by atoms with van der Waals surface area (Å²) in [5.41, 5.74) is 3.05. The van der Waals surface area contributed by atoms with Crippen LogP contribution in [0.3, 0.4) is 0 Å². The number of benzene rings is 3. The molecule has 0 heterocycles. The SMILES string of the molecule is Cc1ccc(OCC(C)NC(=O)c2ccc(CSc3ccccc3)cc2)cc1. The van der Waals surface area contributed by atoms with E-state index in [9.17, 15) is 4.79 Å². The first kappa shape index (κ1) is 20.0. The molecule has 0 saturated heterocycles. The van der Waals surface area contributed by atoms with Crippen molar-refractivity contribution in [1.29, 1.82) is 0 Å². The third-order valence-corrected chi connectivity index (χ3v) is 5.35. The van der Waals surface area contributed by atoms with E-state index in [1.807, 2.05) is 80.6 Å². The highest BCUT2D eigenvalue weighted by Gasteiger charge is 2.10. The molecule has 1 unspecified atom stereocenters. The number of thioether (sulfide) groups is 1. The summed E-state index contributed by atoms with van der Waals surface area (Å²) in [6, 6.07) is 25.9. The van der Waals surface area contributed by atoms with Crippen molar-refractivity contribution >= 4 is 17.7 Å². The van der Waals surface area contributed by atoms with Crippen LogP contribution in [0.5, 0.6) is 5.75 Å². The summed E-state index contributed by atoms with van der Waals surface area (Å²) in [6.07, 6.45) is 0. The third-order valence-electron chi connectivity index (χ3n) is 4.26. The summed E-state index contributed by atoms with van der Waals surface area (Å²) in [4.78, 5) is 13.7. The average Bonchev–Trinajstić information content (AvgIpc) is 2.73. The topological polar surface area (TPSA) is 38.3 Å². The Morgan fingerprint density at radius 3 is 2.32 bits per heavy atom. The van der Waals surface area contributed by atoms with Crippen LogP contribution in [0, 0.1) is 6.92 Å². The van der Waals surface area contributed by atoms with Crippen LogP contribution >= 0.6 is 11.8 Å². The van der Waals surface area contributed by atoms with Crippen LogP contribution in [0.4, 0.5) is 0 Å². The Bertz CT molecular complexity index is 877. The minimum Gasteiger partial charge on any atom is -0.491 e. The molecule has 3 nitrogen and oxygen atoms in total. The van der Waals surface area contributed by atoms with E-state index in [1.165, 1.54) is 16.0 Å². The average molecular weight is 392 g/mol. The van der Waals surface area contributed by atoms with Gasteiger partial charge in [-0.1, -0.05) is 48.0 Å². The molecular weight excluding hydrogens is 366 g/mol. The molecule has 1 atom stereocenters. The molecule has 0 aliphatic rings. The van der Waals surface area contributed by atoms with Crippen molar-refractivity contribution in [1.82, 2.24) is 5.32 Å². The van der Waals surface area contributed by atoms with Gasteiger partial charge in [-0.15, -0.1) is 11.8 Å². The molecule has 0 spiro atoms. The summed E-state index contributed by atoms with van der Waals surface area (Å²) in [6.45, 7) is 4.41. The second kappa shape index (κ2) is 10.00. The molecule has 3 rings (SSSR count). The van der Waals surface area contributed by atoms with Crippen LogP contribution in [0.1, 0.15) is 28.4 Å². The van der Waals surface area contributed by atoms with Gasteiger partial charge in [0.25, 0.3) is 5.91 Å². The van der Waals surface area contributed by atoms with Crippen LogP contribution in [-0.2, 0) is 5.75 Å². The van der Waals surface area contributed by atoms with Gasteiger partial charge >= 0.3 is 0 Å². The van der Waals surface area contributed by atoms with Gasteiger partial charge in [-0.2, -0.15) is 0 Å². The number of carbonyl (C=O) groups is 1. The molecule has 0 aliphatic carbocycles. The van der Waals surface area contributed by atoms with Crippen LogP contribution in [0.25, 0.3) is 0 Å². The number of hydrogen-bond donors (Lipinski definition) is 1. The molecule has 1 N–H and O–H groups in total. The molecule has 3 aromatic carbocycles. The zero-order valence-electron chi connectivity index (χ0n) is 16.2. The fraction of sp³-hybridized carbons (Fsp3) is 0.208. The van der Waals surface area contributed by atoms with Crippen molar-refractivity contribution in [2.24, 2.45) is 0 Å². The molecule has 0 aromatic heterocycles. The highest BCUT2D eigenvalue weighted by Crippen LogP contribution is 2.22. The second-order valence-electron chi connectivity index (χ2n) is 6.80. The summed E-state index contributed by atoms with van der Waals surface area (Å²) in [5, 5.41) is 2.99. The van der Waals surface area contributed by atoms with Gasteiger partial charge in [-0.3, -0.25) is 4.79 Å². The lowest BCUT2D eigenvalue weighted by molar-refractivity contribution is 0.0926. The number of ether oxygens (including phenoxy) is 1. The number of nitrogens with one attached hydrogen (secondary N) is 1. The first-order valence-corrected chi connectivity index (χ1v) is 10.4. The molecule has 4 heteroatoms. The number of rotatable bonds is 8. The zero-order chi connectivity index (χ0) is 19.8. The molecular formula is C24H25NO2S. The van der Waals surface area contributed by atoms with Gasteiger partial charge < -0.3 is 10.1 Å². The monoisotopic (exact) mass is 391 g/mol. The summed E-state index contributed by atoms with van der Waals surface area (Å²) in [7, 11) is 0. The number of amides is 1. The highest BCUT2D eigenvalue weighted by atomic mass is 32.2. The Kier molecular flexibility index (Phi) is 7.15. The summed E-state index contributed by atoms with van der Waals surface area (Å²) >= 11 is 1.79. The van der Waals surface area contributed by atoms with Gasteiger partial charge in [-0.05, 0) is 55.8 Å². The van der Waals surface area contributed by atoms with Gasteiger partial charge in [0.1, 0.15) is 12.4 Å². The predicted octanol–water partition coefficient (Wildman–Crippen LogP) is 5.48. The number of hydrogen-bond acceptors (Lipinski definition) is 3. The van der Waals surface area contributed by atoms with Crippen molar-refractivity contribution in [3.05, 3.63) is 95.6 Å². The van der Waals surface area contributed by atoms with Crippen molar-refractivity contribution in [3.63, 3.8) is 0 Å². The van der Waals surface area contributed by atoms with Crippen molar-refractivity contribution in [3.8, 4) is 5.75 Å². The Morgan fingerprint density at radius 1 is 0.964 bits per heavy atom. The first-order valence-electron chi connectivity index (χ1n) is 9.37. The van der Waals surface area contributed by atoms with Gasteiger partial charge in [0.15, 0.2) is 0 Å². The van der Waals surface area contributed by atoms with Crippen LogP contribution < -0.4 is 10.1 Å². The van der Waals surface area contributed by atoms with Crippen LogP contribution in [-0.4, -0.2) is 18.6 Å². The maximum atomic E-state index is 12.4. The molecule has 3 aromatic rings. The summed E-state index contributed by atoms with van der Waals surface area (Å²) in [5.74, 6) is 1.61. The number of carbonyl (C=O) groups excluding carboxylic acids is 1. The van der Waals surface area contributed by atoms with Crippen molar-refractivity contribution in [2.45, 2.75) is 30.5 Å². The van der Waals surface area contributed by atoms with Crippen LogP contribution in [0.2, 0.25) is 0 Å². The lowest BCUT2D eigenvalue weighted by Crippen LogP contribution is -2.36. The normalized spacial score (nSPS) is 11.6. The molecule has 0 radical (unpaired) electrons. The van der Waals surface area contributed by atoms with Gasteiger partial charge in [0, 0.05) is 16.2 Å². The zero-order valence-corrected chi connectivity index (χ0v) is 17.0. The Labute approximate surface area is 171 Å². The quantitative estimate of drug-likeness (QED) is 0.516. The van der Waals surface area contributed by atoms with Gasteiger partial charge in [0.2, 0.25) is 0 Å². The highest BCUT2D eigenvalue weighted by molar-refractivity contribution is 7.98. The first-order chi connectivity index (χ1) is 13.6. The van der Waals surface area contributed by atoms with E-state index in [0.717, 1.165) is 11.5 Å². The largest absolute Gasteiger partial charge is 0.491 e. The minimum absolute atomic E-state index is 0.0812. The fourth-order valence-corrected chi connectivity index (χ4v) is 3.52. The van der Waals surface area contributed by atoms with E-state index in [2.05, 4.69) is 17.4 Å². The number of aryl methyl sites for hydroxylation is 1. The summed E-state index contributed by atoms with van der Waals surface area (Å²) < 4.78 is 5.74.